The molecular weight excluding hydrogens is 395 g/mol. The SMILES string of the molecule is O=C(c1ccc2c(c1)OCO2)N1C[C@@H]2N[C@H](C1)C2c1ccc(-c2ccccc2F)cc1. The van der Waals surface area contributed by atoms with Crippen LogP contribution in [0.25, 0.3) is 11.1 Å². The fourth-order valence-corrected chi connectivity index (χ4v) is 4.95. The van der Waals surface area contributed by atoms with Gasteiger partial charge in [-0.25, -0.2) is 4.39 Å². The summed E-state index contributed by atoms with van der Waals surface area (Å²) in [5.74, 6) is 1.46. The van der Waals surface area contributed by atoms with Gasteiger partial charge in [0.2, 0.25) is 6.79 Å². The van der Waals surface area contributed by atoms with E-state index < -0.39 is 0 Å². The van der Waals surface area contributed by atoms with Crippen molar-refractivity contribution < 1.29 is 18.7 Å². The van der Waals surface area contributed by atoms with Gasteiger partial charge in [0, 0.05) is 42.2 Å². The van der Waals surface area contributed by atoms with Gasteiger partial charge in [0.25, 0.3) is 5.91 Å². The van der Waals surface area contributed by atoms with E-state index in [9.17, 15) is 9.18 Å². The van der Waals surface area contributed by atoms with Crippen molar-refractivity contribution in [1.29, 1.82) is 0 Å². The molecule has 0 spiro atoms. The Labute approximate surface area is 179 Å². The molecule has 3 aromatic rings. The molecule has 7 rings (SSSR count). The number of nitrogens with zero attached hydrogens (tertiary/aromatic N) is 1. The van der Waals surface area contributed by atoms with Crippen LogP contribution in [0.2, 0.25) is 0 Å². The fourth-order valence-electron chi connectivity index (χ4n) is 4.95. The lowest BCUT2D eigenvalue weighted by atomic mass is 9.74. The maximum absolute atomic E-state index is 14.1. The lowest BCUT2D eigenvalue weighted by molar-refractivity contribution is 0.0367. The molecule has 6 heteroatoms. The number of amides is 1. The summed E-state index contributed by atoms with van der Waals surface area (Å²) < 4.78 is 24.8. The number of carbonyl (C=O) groups is 1. The van der Waals surface area contributed by atoms with E-state index in [1.807, 2.05) is 23.1 Å². The molecular formula is C25H21FN2O3. The quantitative estimate of drug-likeness (QED) is 0.706. The van der Waals surface area contributed by atoms with Crippen LogP contribution in [0.5, 0.6) is 11.5 Å². The smallest absolute Gasteiger partial charge is 0.254 e. The van der Waals surface area contributed by atoms with Crippen molar-refractivity contribution in [3.05, 3.63) is 83.7 Å². The predicted molar refractivity (Wildman–Crippen MR) is 114 cm³/mol. The van der Waals surface area contributed by atoms with E-state index in [0.717, 1.165) is 5.56 Å². The van der Waals surface area contributed by atoms with Crippen LogP contribution in [0.4, 0.5) is 4.39 Å². The normalized spacial score (nSPS) is 23.4. The van der Waals surface area contributed by atoms with Gasteiger partial charge in [0.15, 0.2) is 11.5 Å². The minimum Gasteiger partial charge on any atom is -0.454 e. The predicted octanol–water partition coefficient (Wildman–Crippen LogP) is 3.80. The summed E-state index contributed by atoms with van der Waals surface area (Å²) in [5.41, 5.74) is 3.33. The molecule has 1 unspecified atom stereocenters. The monoisotopic (exact) mass is 416 g/mol. The van der Waals surface area contributed by atoms with Crippen LogP contribution in [-0.4, -0.2) is 42.8 Å². The molecule has 31 heavy (non-hydrogen) atoms. The van der Waals surface area contributed by atoms with Gasteiger partial charge in [0.05, 0.1) is 0 Å². The van der Waals surface area contributed by atoms with Crippen molar-refractivity contribution in [2.75, 3.05) is 19.9 Å². The van der Waals surface area contributed by atoms with E-state index in [1.165, 1.54) is 11.6 Å². The second kappa shape index (κ2) is 7.10. The molecule has 2 bridgehead atoms. The number of hydrogen-bond donors (Lipinski definition) is 1. The molecule has 1 N–H and O–H groups in total. The third-order valence-corrected chi connectivity index (χ3v) is 6.52. The first kappa shape index (κ1) is 18.4. The number of halogens is 1. The van der Waals surface area contributed by atoms with E-state index >= 15 is 0 Å². The van der Waals surface area contributed by atoms with Crippen LogP contribution >= 0.6 is 0 Å². The Kier molecular flexibility index (Phi) is 4.21. The van der Waals surface area contributed by atoms with Crippen LogP contribution in [0, 0.1) is 5.82 Å². The third-order valence-electron chi connectivity index (χ3n) is 6.52. The van der Waals surface area contributed by atoms with Crippen molar-refractivity contribution >= 4 is 5.91 Å². The highest BCUT2D eigenvalue weighted by Gasteiger charge is 2.48. The summed E-state index contributed by atoms with van der Waals surface area (Å²) >= 11 is 0. The molecule has 3 saturated heterocycles. The summed E-state index contributed by atoms with van der Waals surface area (Å²) in [4.78, 5) is 14.9. The van der Waals surface area contributed by atoms with Gasteiger partial charge < -0.3 is 19.7 Å². The van der Waals surface area contributed by atoms with Crippen LogP contribution in [0.1, 0.15) is 21.8 Å². The van der Waals surface area contributed by atoms with E-state index in [4.69, 9.17) is 9.47 Å². The van der Waals surface area contributed by atoms with Crippen molar-refractivity contribution in [1.82, 2.24) is 10.2 Å². The molecule has 0 saturated carbocycles. The van der Waals surface area contributed by atoms with Gasteiger partial charge in [-0.05, 0) is 35.4 Å². The van der Waals surface area contributed by atoms with E-state index in [0.29, 0.717) is 41.6 Å². The zero-order valence-corrected chi connectivity index (χ0v) is 16.8. The molecule has 1 amide bonds. The van der Waals surface area contributed by atoms with E-state index in [1.54, 1.807) is 30.3 Å². The number of rotatable bonds is 3. The van der Waals surface area contributed by atoms with Gasteiger partial charge in [-0.2, -0.15) is 0 Å². The van der Waals surface area contributed by atoms with Crippen molar-refractivity contribution in [2.45, 2.75) is 18.0 Å². The van der Waals surface area contributed by atoms with Crippen molar-refractivity contribution in [3.8, 4) is 22.6 Å². The third kappa shape index (κ3) is 3.06. The van der Waals surface area contributed by atoms with Gasteiger partial charge in [-0.1, -0.05) is 42.5 Å². The summed E-state index contributed by atoms with van der Waals surface area (Å²) in [6.45, 7) is 1.51. The van der Waals surface area contributed by atoms with Crippen LogP contribution < -0.4 is 14.8 Å². The average molecular weight is 416 g/mol. The molecule has 156 valence electrons. The topological polar surface area (TPSA) is 50.8 Å². The first-order valence-electron chi connectivity index (χ1n) is 10.5. The molecule has 4 heterocycles. The number of benzene rings is 3. The number of piperazine rings is 1. The lowest BCUT2D eigenvalue weighted by Crippen LogP contribution is -2.72. The molecule has 3 aromatic carbocycles. The number of nitrogens with one attached hydrogen (secondary N) is 1. The molecule has 5 nitrogen and oxygen atoms in total. The maximum Gasteiger partial charge on any atom is 0.254 e. The Morgan fingerprint density at radius 1 is 0.935 bits per heavy atom. The second-order valence-electron chi connectivity index (χ2n) is 8.29. The van der Waals surface area contributed by atoms with Gasteiger partial charge in [-0.15, -0.1) is 0 Å². The highest BCUT2D eigenvalue weighted by Crippen LogP contribution is 2.39. The van der Waals surface area contributed by atoms with Crippen molar-refractivity contribution in [3.63, 3.8) is 0 Å². The number of carbonyl (C=O) groups excluding carboxylic acids is 1. The fraction of sp³-hybridized carbons (Fsp3) is 0.240. The number of piperidine rings is 1. The van der Waals surface area contributed by atoms with Crippen LogP contribution in [0.3, 0.4) is 0 Å². The van der Waals surface area contributed by atoms with E-state index in [-0.39, 0.29) is 30.6 Å². The number of hydrogen-bond acceptors (Lipinski definition) is 4. The second-order valence-corrected chi connectivity index (χ2v) is 8.29. The van der Waals surface area contributed by atoms with Gasteiger partial charge >= 0.3 is 0 Å². The number of ether oxygens (including phenoxy) is 2. The molecule has 4 aliphatic rings. The Bertz CT molecular complexity index is 1150. The first-order chi connectivity index (χ1) is 15.2. The van der Waals surface area contributed by atoms with Gasteiger partial charge in [0.1, 0.15) is 5.82 Å². The lowest BCUT2D eigenvalue weighted by Gasteiger charge is -2.54. The summed E-state index contributed by atoms with van der Waals surface area (Å²) in [5, 5.41) is 3.56. The summed E-state index contributed by atoms with van der Waals surface area (Å²) in [6, 6.07) is 20.7. The van der Waals surface area contributed by atoms with Crippen LogP contribution in [-0.2, 0) is 0 Å². The zero-order valence-electron chi connectivity index (χ0n) is 16.8. The molecule has 3 atom stereocenters. The zero-order chi connectivity index (χ0) is 20.9. The van der Waals surface area contributed by atoms with Gasteiger partial charge in [-0.3, -0.25) is 4.79 Å². The molecule has 4 aliphatic heterocycles. The summed E-state index contributed by atoms with van der Waals surface area (Å²) in [7, 11) is 0. The highest BCUT2D eigenvalue weighted by molar-refractivity contribution is 5.95. The minimum atomic E-state index is -0.213. The Balaban J connectivity index is 1.16. The maximum atomic E-state index is 14.1. The number of fused-ring (bicyclic) bond motifs is 3. The highest BCUT2D eigenvalue weighted by atomic mass is 19.1. The van der Waals surface area contributed by atoms with Crippen LogP contribution in [0.15, 0.2) is 66.7 Å². The molecule has 0 radical (unpaired) electrons. The van der Waals surface area contributed by atoms with E-state index in [2.05, 4.69) is 17.4 Å². The Hall–Kier alpha value is -3.38. The first-order valence-corrected chi connectivity index (χ1v) is 10.5. The minimum absolute atomic E-state index is 0.0168. The standard InChI is InChI=1S/C25H21FN2O3/c26-19-4-2-1-3-18(19)15-5-7-16(8-6-15)24-20-12-28(13-21(24)27-20)25(29)17-9-10-22-23(11-17)31-14-30-22/h1-11,20-21,24,27H,12-14H2/t20-,21+,24?. The Morgan fingerprint density at radius 2 is 1.68 bits per heavy atom. The molecule has 0 aromatic heterocycles. The Morgan fingerprint density at radius 3 is 2.45 bits per heavy atom. The van der Waals surface area contributed by atoms with Crippen molar-refractivity contribution in [2.24, 2.45) is 0 Å². The summed E-state index contributed by atoms with van der Waals surface area (Å²) in [6.07, 6.45) is 0. The molecule has 3 fully saturated rings. The largest absolute Gasteiger partial charge is 0.454 e. The molecule has 0 aliphatic carbocycles. The average Bonchev–Trinajstić information content (AvgIpc) is 3.27.